The van der Waals surface area contributed by atoms with Gasteiger partial charge in [-0.25, -0.2) is 0 Å². The molecule has 0 aliphatic rings. The van der Waals surface area contributed by atoms with Gasteiger partial charge in [0.2, 0.25) is 5.91 Å². The molecule has 0 spiro atoms. The first-order valence-corrected chi connectivity index (χ1v) is 6.27. The van der Waals surface area contributed by atoms with Gasteiger partial charge in [0.25, 0.3) is 0 Å². The molecule has 0 aliphatic carbocycles. The zero-order chi connectivity index (χ0) is 14.3. The number of rotatable bonds is 7. The van der Waals surface area contributed by atoms with Crippen LogP contribution in [0.3, 0.4) is 0 Å². The Morgan fingerprint density at radius 1 is 1.33 bits per heavy atom. The maximum Gasteiger partial charge on any atom is 0.406 e. The molecule has 1 unspecified atom stereocenters. The lowest BCUT2D eigenvalue weighted by Crippen LogP contribution is -2.42. The number of nitrogens with zero attached hydrogens (tertiary/aromatic N) is 1. The zero-order valence-corrected chi connectivity index (χ0v) is 11.3. The van der Waals surface area contributed by atoms with Crippen molar-refractivity contribution in [1.82, 2.24) is 4.90 Å². The molecule has 0 fully saturated rings. The normalized spacial score (nSPS) is 13.8. The average molecular weight is 268 g/mol. The average Bonchev–Trinajstić information content (AvgIpc) is 2.22. The van der Waals surface area contributed by atoms with Crippen molar-refractivity contribution in [2.24, 2.45) is 11.7 Å². The summed E-state index contributed by atoms with van der Waals surface area (Å²) in [6, 6.07) is -0.394. The molecule has 0 heterocycles. The number of amides is 1. The van der Waals surface area contributed by atoms with E-state index < -0.39 is 24.7 Å². The molecule has 18 heavy (non-hydrogen) atoms. The quantitative estimate of drug-likeness (QED) is 0.771. The molecule has 0 aromatic carbocycles. The van der Waals surface area contributed by atoms with Gasteiger partial charge in [-0.3, -0.25) is 4.79 Å². The van der Waals surface area contributed by atoms with E-state index in [4.69, 9.17) is 5.73 Å². The predicted octanol–water partition coefficient (Wildman–Crippen LogP) is 2.55. The van der Waals surface area contributed by atoms with E-state index in [0.717, 1.165) is 11.3 Å². The number of halogens is 3. The van der Waals surface area contributed by atoms with E-state index in [-0.39, 0.29) is 18.9 Å². The van der Waals surface area contributed by atoms with Crippen LogP contribution in [0.25, 0.3) is 0 Å². The van der Waals surface area contributed by atoms with Gasteiger partial charge < -0.3 is 10.6 Å². The molecular weight excluding hydrogens is 245 g/mol. The van der Waals surface area contributed by atoms with Crippen LogP contribution in [0.1, 0.15) is 40.0 Å². The van der Waals surface area contributed by atoms with Crippen LogP contribution in [-0.2, 0) is 4.79 Å². The Labute approximate surface area is 107 Å². The fourth-order valence-electron chi connectivity index (χ4n) is 1.42. The highest BCUT2D eigenvalue weighted by atomic mass is 19.4. The largest absolute Gasteiger partial charge is 0.406 e. The molecule has 0 saturated carbocycles. The third-order valence-corrected chi connectivity index (χ3v) is 2.77. The summed E-state index contributed by atoms with van der Waals surface area (Å²) in [4.78, 5) is 12.7. The maximum atomic E-state index is 12.4. The number of hydrogen-bond donors (Lipinski definition) is 1. The smallest absolute Gasteiger partial charge is 0.334 e. The minimum absolute atomic E-state index is 0.0303. The minimum Gasteiger partial charge on any atom is -0.334 e. The van der Waals surface area contributed by atoms with E-state index in [1.54, 1.807) is 0 Å². The number of hydrogen-bond acceptors (Lipinski definition) is 2. The van der Waals surface area contributed by atoms with Gasteiger partial charge in [0.1, 0.15) is 6.54 Å². The topological polar surface area (TPSA) is 46.3 Å². The summed E-state index contributed by atoms with van der Waals surface area (Å²) in [5.41, 5.74) is 5.72. The highest BCUT2D eigenvalue weighted by molar-refractivity contribution is 5.76. The van der Waals surface area contributed by atoms with Crippen molar-refractivity contribution in [2.75, 3.05) is 13.1 Å². The van der Waals surface area contributed by atoms with Crippen molar-refractivity contribution in [3.63, 3.8) is 0 Å². The van der Waals surface area contributed by atoms with E-state index in [2.05, 4.69) is 0 Å². The summed E-state index contributed by atoms with van der Waals surface area (Å²) >= 11 is 0. The highest BCUT2D eigenvalue weighted by Crippen LogP contribution is 2.18. The van der Waals surface area contributed by atoms with Crippen LogP contribution in [0.5, 0.6) is 0 Å². The molecule has 0 rings (SSSR count). The van der Waals surface area contributed by atoms with E-state index in [9.17, 15) is 18.0 Å². The van der Waals surface area contributed by atoms with Crippen LogP contribution in [0.4, 0.5) is 13.2 Å². The van der Waals surface area contributed by atoms with Crippen LogP contribution >= 0.6 is 0 Å². The summed E-state index contributed by atoms with van der Waals surface area (Å²) in [6.45, 7) is 4.52. The molecule has 2 N–H and O–H groups in total. The van der Waals surface area contributed by atoms with Crippen LogP contribution in [0.15, 0.2) is 0 Å². The molecule has 6 heteroatoms. The first-order valence-electron chi connectivity index (χ1n) is 6.27. The van der Waals surface area contributed by atoms with E-state index >= 15 is 0 Å². The first kappa shape index (κ1) is 17.2. The summed E-state index contributed by atoms with van der Waals surface area (Å²) < 4.78 is 37.1. The van der Waals surface area contributed by atoms with Crippen molar-refractivity contribution in [1.29, 1.82) is 0 Å². The van der Waals surface area contributed by atoms with Gasteiger partial charge in [0.05, 0.1) is 0 Å². The van der Waals surface area contributed by atoms with Crippen LogP contribution in [0.2, 0.25) is 0 Å². The first-order chi connectivity index (χ1) is 8.17. The summed E-state index contributed by atoms with van der Waals surface area (Å²) in [5, 5.41) is 0. The van der Waals surface area contributed by atoms with E-state index in [1.165, 1.54) is 0 Å². The lowest BCUT2D eigenvalue weighted by Gasteiger charge is -2.26. The molecule has 1 atom stereocenters. The molecule has 0 saturated heterocycles. The second-order valence-electron chi connectivity index (χ2n) is 4.90. The molecule has 0 radical (unpaired) electrons. The van der Waals surface area contributed by atoms with Crippen molar-refractivity contribution < 1.29 is 18.0 Å². The van der Waals surface area contributed by atoms with Gasteiger partial charge in [0, 0.05) is 19.0 Å². The Bertz CT molecular complexity index is 254. The maximum absolute atomic E-state index is 12.4. The number of alkyl halides is 3. The lowest BCUT2D eigenvalue weighted by molar-refractivity contribution is -0.161. The Morgan fingerprint density at radius 2 is 1.89 bits per heavy atom. The summed E-state index contributed by atoms with van der Waals surface area (Å²) in [5.74, 6) is -0.435. The number of carbonyl (C=O) groups excluding carboxylic acids is 1. The molecular formula is C12H23F3N2O. The second kappa shape index (κ2) is 7.61. The van der Waals surface area contributed by atoms with E-state index in [1.807, 2.05) is 20.8 Å². The minimum atomic E-state index is -4.36. The van der Waals surface area contributed by atoms with Gasteiger partial charge >= 0.3 is 6.18 Å². The van der Waals surface area contributed by atoms with Crippen molar-refractivity contribution >= 4 is 5.91 Å². The number of carbonyl (C=O) groups is 1. The number of nitrogens with two attached hydrogens (primary N) is 1. The van der Waals surface area contributed by atoms with Gasteiger partial charge in [0.15, 0.2) is 0 Å². The third-order valence-electron chi connectivity index (χ3n) is 2.77. The van der Waals surface area contributed by atoms with Gasteiger partial charge in [-0.2, -0.15) is 13.2 Å². The molecule has 3 nitrogen and oxygen atoms in total. The molecule has 0 aromatic heterocycles. The lowest BCUT2D eigenvalue weighted by atomic mass is 10.0. The van der Waals surface area contributed by atoms with Crippen LogP contribution < -0.4 is 5.73 Å². The molecule has 108 valence electrons. The highest BCUT2D eigenvalue weighted by Gasteiger charge is 2.33. The fraction of sp³-hybridized carbons (Fsp3) is 0.917. The third kappa shape index (κ3) is 7.53. The van der Waals surface area contributed by atoms with E-state index in [0.29, 0.717) is 6.42 Å². The second-order valence-corrected chi connectivity index (χ2v) is 4.90. The Hall–Kier alpha value is -0.780. The van der Waals surface area contributed by atoms with Crippen LogP contribution in [-0.4, -0.2) is 36.1 Å². The Balaban J connectivity index is 4.49. The monoisotopic (exact) mass is 268 g/mol. The molecule has 0 aliphatic heterocycles. The SMILES string of the molecule is CCCCN(CC(F)(F)F)C(=O)CC(N)C(C)C. The van der Waals surface area contributed by atoms with Crippen LogP contribution in [0, 0.1) is 5.92 Å². The van der Waals surface area contributed by atoms with Crippen molar-refractivity contribution in [3.8, 4) is 0 Å². The van der Waals surface area contributed by atoms with Gasteiger partial charge in [-0.15, -0.1) is 0 Å². The van der Waals surface area contributed by atoms with Crippen molar-refractivity contribution in [3.05, 3.63) is 0 Å². The Kier molecular flexibility index (Phi) is 7.28. The standard InChI is InChI=1S/C12H23F3N2O/c1-4-5-6-17(8-12(13,14)15)11(18)7-10(16)9(2)3/h9-10H,4-8,16H2,1-3H3. The number of unbranched alkanes of at least 4 members (excludes halogenated alkanes) is 1. The Morgan fingerprint density at radius 3 is 2.28 bits per heavy atom. The predicted molar refractivity (Wildman–Crippen MR) is 65.0 cm³/mol. The molecule has 0 aromatic rings. The van der Waals surface area contributed by atoms with Gasteiger partial charge in [-0.05, 0) is 12.3 Å². The summed E-state index contributed by atoms with van der Waals surface area (Å²) in [6.07, 6.45) is -3.07. The van der Waals surface area contributed by atoms with Gasteiger partial charge in [-0.1, -0.05) is 27.2 Å². The summed E-state index contributed by atoms with van der Waals surface area (Å²) in [7, 11) is 0. The van der Waals surface area contributed by atoms with Crippen molar-refractivity contribution in [2.45, 2.75) is 52.3 Å². The zero-order valence-electron chi connectivity index (χ0n) is 11.3. The molecule has 0 bridgehead atoms. The molecule has 1 amide bonds. The fourth-order valence-corrected chi connectivity index (χ4v) is 1.42.